The van der Waals surface area contributed by atoms with Crippen molar-refractivity contribution in [3.63, 3.8) is 0 Å². The first kappa shape index (κ1) is 21.6. The van der Waals surface area contributed by atoms with Gasteiger partial charge < -0.3 is 5.73 Å². The van der Waals surface area contributed by atoms with Gasteiger partial charge in [0.1, 0.15) is 0 Å². The van der Waals surface area contributed by atoms with Gasteiger partial charge in [-0.05, 0) is 96.3 Å². The fourth-order valence-corrected chi connectivity index (χ4v) is 3.71. The Bertz CT molecular complexity index is 1350. The van der Waals surface area contributed by atoms with Crippen molar-refractivity contribution in [2.45, 2.75) is 51.6 Å². The van der Waals surface area contributed by atoms with Crippen LogP contribution in [0.2, 0.25) is 0 Å². The van der Waals surface area contributed by atoms with Crippen molar-refractivity contribution < 1.29 is 4.92 Å². The number of aryl methyl sites for hydroxylation is 2. The summed E-state index contributed by atoms with van der Waals surface area (Å²) < 4.78 is 3.70. The Morgan fingerprint density at radius 1 is 0.853 bits per heavy atom. The van der Waals surface area contributed by atoms with Gasteiger partial charge in [0, 0.05) is 28.4 Å². The van der Waals surface area contributed by atoms with Crippen LogP contribution in [0.5, 0.6) is 0 Å². The summed E-state index contributed by atoms with van der Waals surface area (Å²) in [4.78, 5) is 10.4. The van der Waals surface area contributed by atoms with E-state index in [0.717, 1.165) is 41.0 Å². The number of nitro groups is 1. The van der Waals surface area contributed by atoms with Crippen molar-refractivity contribution in [2.24, 2.45) is 0 Å². The Hall–Kier alpha value is -4.22. The molecule has 4 aromatic rings. The van der Waals surface area contributed by atoms with E-state index in [0.29, 0.717) is 23.5 Å². The molecule has 2 fully saturated rings. The van der Waals surface area contributed by atoms with Gasteiger partial charge in [-0.1, -0.05) is 0 Å². The van der Waals surface area contributed by atoms with E-state index in [2.05, 4.69) is 31.1 Å². The van der Waals surface area contributed by atoms with Crippen LogP contribution < -0.4 is 5.73 Å². The molecule has 0 saturated heterocycles. The second-order valence-electron chi connectivity index (χ2n) is 8.69. The number of hydrogen-bond donors (Lipinski definition) is 1. The van der Waals surface area contributed by atoms with Crippen LogP contribution in [-0.4, -0.2) is 45.3 Å². The van der Waals surface area contributed by atoms with E-state index in [1.54, 1.807) is 23.7 Å². The fraction of sp³-hybridized carbons (Fsp3) is 0.364. The number of benzene rings is 2. The highest BCUT2D eigenvalue weighted by Crippen LogP contribution is 2.37. The molecular formula is C22H24N10O2. The maximum absolute atomic E-state index is 10.8. The summed E-state index contributed by atoms with van der Waals surface area (Å²) in [6, 6.07) is 11.7. The molecule has 0 amide bonds. The van der Waals surface area contributed by atoms with Gasteiger partial charge in [0.15, 0.2) is 11.6 Å². The lowest BCUT2D eigenvalue weighted by molar-refractivity contribution is -0.385. The van der Waals surface area contributed by atoms with Crippen molar-refractivity contribution >= 4 is 11.4 Å². The third-order valence-corrected chi connectivity index (χ3v) is 5.95. The predicted molar refractivity (Wildman–Crippen MR) is 124 cm³/mol. The third kappa shape index (κ3) is 4.34. The van der Waals surface area contributed by atoms with Crippen LogP contribution in [0.15, 0.2) is 36.4 Å². The molecule has 2 saturated carbocycles. The second kappa shape index (κ2) is 8.61. The number of rotatable bonds is 5. The normalized spacial score (nSPS) is 15.0. The molecule has 34 heavy (non-hydrogen) atoms. The van der Waals surface area contributed by atoms with Crippen molar-refractivity contribution in [1.82, 2.24) is 40.4 Å². The van der Waals surface area contributed by atoms with Crippen LogP contribution in [0.3, 0.4) is 0 Å². The highest BCUT2D eigenvalue weighted by molar-refractivity contribution is 5.62. The molecule has 0 radical (unpaired) electrons. The van der Waals surface area contributed by atoms with E-state index in [4.69, 9.17) is 5.73 Å². The van der Waals surface area contributed by atoms with E-state index in [-0.39, 0.29) is 10.6 Å². The van der Waals surface area contributed by atoms with Gasteiger partial charge in [-0.25, -0.2) is 9.36 Å². The SMILES string of the molecule is Cc1cc(-c2nnnn2C2CC2)ccc1N.Cc1cc(-c2nnnn2C2CC2)ccc1[N+](=O)[O-]. The molecule has 0 atom stereocenters. The number of nitrogen functional groups attached to an aromatic ring is 1. The molecule has 0 unspecified atom stereocenters. The number of nitrogens with two attached hydrogens (primary N) is 1. The minimum atomic E-state index is -0.386. The zero-order chi connectivity index (χ0) is 23.8. The largest absolute Gasteiger partial charge is 0.399 e. The predicted octanol–water partition coefficient (Wildman–Crippen LogP) is 3.46. The lowest BCUT2D eigenvalue weighted by Crippen LogP contribution is -2.00. The van der Waals surface area contributed by atoms with Crippen LogP contribution in [0.4, 0.5) is 11.4 Å². The lowest BCUT2D eigenvalue weighted by atomic mass is 10.1. The molecule has 6 rings (SSSR count). The van der Waals surface area contributed by atoms with Crippen LogP contribution in [0, 0.1) is 24.0 Å². The molecule has 2 heterocycles. The monoisotopic (exact) mass is 460 g/mol. The Balaban J connectivity index is 0.000000142. The number of nitrogens with zero attached hydrogens (tertiary/aromatic N) is 9. The number of hydrogen-bond acceptors (Lipinski definition) is 9. The number of nitro benzene ring substituents is 1. The van der Waals surface area contributed by atoms with Gasteiger partial charge in [-0.2, -0.15) is 0 Å². The van der Waals surface area contributed by atoms with Gasteiger partial charge >= 0.3 is 0 Å². The first-order valence-electron chi connectivity index (χ1n) is 11.1. The van der Waals surface area contributed by atoms with Crippen LogP contribution >= 0.6 is 0 Å². The number of aromatic nitrogens is 8. The molecule has 2 N–H and O–H groups in total. The molecule has 174 valence electrons. The van der Waals surface area contributed by atoms with Crippen LogP contribution in [0.25, 0.3) is 22.8 Å². The summed E-state index contributed by atoms with van der Waals surface area (Å²) in [7, 11) is 0. The van der Waals surface area contributed by atoms with Gasteiger partial charge in [0.2, 0.25) is 0 Å². The minimum absolute atomic E-state index is 0.115. The average Bonchev–Trinajstić information content (AvgIpc) is 3.75. The molecule has 0 spiro atoms. The first-order chi connectivity index (χ1) is 16.4. The van der Waals surface area contributed by atoms with Crippen molar-refractivity contribution in [3.05, 3.63) is 57.6 Å². The second-order valence-corrected chi connectivity index (χ2v) is 8.69. The molecule has 12 heteroatoms. The third-order valence-electron chi connectivity index (χ3n) is 5.95. The van der Waals surface area contributed by atoms with Crippen LogP contribution in [0.1, 0.15) is 48.9 Å². The van der Waals surface area contributed by atoms with E-state index < -0.39 is 0 Å². The van der Waals surface area contributed by atoms with E-state index >= 15 is 0 Å². The molecule has 2 aromatic heterocycles. The topological polar surface area (TPSA) is 156 Å². The Labute approximate surface area is 194 Å². The Morgan fingerprint density at radius 3 is 1.79 bits per heavy atom. The van der Waals surface area contributed by atoms with E-state index in [1.807, 2.05) is 29.8 Å². The highest BCUT2D eigenvalue weighted by Gasteiger charge is 2.29. The molecule has 2 aliphatic carbocycles. The number of anilines is 1. The Morgan fingerprint density at radius 2 is 1.35 bits per heavy atom. The zero-order valence-electron chi connectivity index (χ0n) is 18.9. The smallest absolute Gasteiger partial charge is 0.272 e. The summed E-state index contributed by atoms with van der Waals surface area (Å²) in [5.41, 5.74) is 10.2. The van der Waals surface area contributed by atoms with Gasteiger partial charge in [0.05, 0.1) is 17.0 Å². The molecule has 0 bridgehead atoms. The number of tetrazole rings is 2. The quantitative estimate of drug-likeness (QED) is 0.267. The molecule has 2 aliphatic rings. The van der Waals surface area contributed by atoms with Crippen molar-refractivity contribution in [2.75, 3.05) is 5.73 Å². The van der Waals surface area contributed by atoms with Crippen molar-refractivity contribution in [3.8, 4) is 22.8 Å². The molecule has 0 aliphatic heterocycles. The average molecular weight is 461 g/mol. The summed E-state index contributed by atoms with van der Waals surface area (Å²) in [5, 5.41) is 34.3. The molecule has 2 aromatic carbocycles. The van der Waals surface area contributed by atoms with E-state index in [9.17, 15) is 10.1 Å². The lowest BCUT2D eigenvalue weighted by Gasteiger charge is -2.05. The van der Waals surface area contributed by atoms with Crippen LogP contribution in [-0.2, 0) is 0 Å². The molecular weight excluding hydrogens is 436 g/mol. The van der Waals surface area contributed by atoms with Gasteiger partial charge in [-0.15, -0.1) is 10.2 Å². The standard InChI is InChI=1S/C11H11N5O2.C11H13N5/c1-7-6-8(2-5-10(7)16(17)18)11-12-13-14-15(11)9-3-4-9;1-7-6-8(2-5-10(7)12)11-13-14-15-16(11)9-3-4-9/h2,5-6,9H,3-4H2,1H3;2,5-6,9H,3-4,12H2,1H3. The van der Waals surface area contributed by atoms with Crippen molar-refractivity contribution in [1.29, 1.82) is 0 Å². The maximum atomic E-state index is 10.8. The highest BCUT2D eigenvalue weighted by atomic mass is 16.6. The maximum Gasteiger partial charge on any atom is 0.272 e. The summed E-state index contributed by atoms with van der Waals surface area (Å²) >= 11 is 0. The fourth-order valence-electron chi connectivity index (χ4n) is 3.71. The van der Waals surface area contributed by atoms with Gasteiger partial charge in [0.25, 0.3) is 5.69 Å². The Kier molecular flexibility index (Phi) is 5.48. The first-order valence-corrected chi connectivity index (χ1v) is 11.1. The van der Waals surface area contributed by atoms with Gasteiger partial charge in [-0.3, -0.25) is 10.1 Å². The summed E-state index contributed by atoms with van der Waals surface area (Å²) in [6.07, 6.45) is 4.52. The zero-order valence-corrected chi connectivity index (χ0v) is 18.9. The minimum Gasteiger partial charge on any atom is -0.399 e. The summed E-state index contributed by atoms with van der Waals surface area (Å²) in [6.45, 7) is 3.71. The van der Waals surface area contributed by atoms with E-state index in [1.165, 1.54) is 18.9 Å². The summed E-state index contributed by atoms with van der Waals surface area (Å²) in [5.74, 6) is 1.51. The molecule has 12 nitrogen and oxygen atoms in total.